The predicted molar refractivity (Wildman–Crippen MR) is 76.6 cm³/mol. The molecule has 0 amide bonds. The van der Waals surface area contributed by atoms with E-state index in [4.69, 9.17) is 16.3 Å². The third-order valence-electron chi connectivity index (χ3n) is 2.54. The van der Waals surface area contributed by atoms with Crippen molar-refractivity contribution < 1.29 is 14.6 Å². The lowest BCUT2D eigenvalue weighted by molar-refractivity contribution is -0.140. The second-order valence-electron chi connectivity index (χ2n) is 4.06. The molecule has 5 nitrogen and oxygen atoms in total. The van der Waals surface area contributed by atoms with E-state index in [9.17, 15) is 9.90 Å². The minimum absolute atomic E-state index is 0.0328. The summed E-state index contributed by atoms with van der Waals surface area (Å²) in [6.07, 6.45) is 1.60. The maximum Gasteiger partial charge on any atom is 0.304 e. The van der Waals surface area contributed by atoms with Crippen LogP contribution in [0, 0.1) is 0 Å². The Morgan fingerprint density at radius 1 is 1.40 bits per heavy atom. The summed E-state index contributed by atoms with van der Waals surface area (Å²) in [6, 6.07) is 8.81. The summed E-state index contributed by atoms with van der Waals surface area (Å²) >= 11 is 5.92. The maximum absolute atomic E-state index is 10.6. The van der Waals surface area contributed by atoms with E-state index >= 15 is 0 Å². The lowest BCUT2D eigenvalue weighted by Crippen LogP contribution is -2.10. The number of halogens is 1. The van der Waals surface area contributed by atoms with Gasteiger partial charge in [0.15, 0.2) is 18.3 Å². The van der Waals surface area contributed by atoms with Gasteiger partial charge in [0, 0.05) is 23.7 Å². The number of nitrogens with zero attached hydrogens (tertiary/aromatic N) is 1. The first kappa shape index (κ1) is 14.1. The van der Waals surface area contributed by atoms with Crippen LogP contribution in [0.1, 0.15) is 6.92 Å². The molecule has 2 rings (SSSR count). The Morgan fingerprint density at radius 3 is 2.85 bits per heavy atom. The van der Waals surface area contributed by atoms with Gasteiger partial charge >= 0.3 is 5.97 Å². The van der Waals surface area contributed by atoms with Crippen LogP contribution in [0.5, 0.6) is 5.75 Å². The van der Waals surface area contributed by atoms with Gasteiger partial charge in [-0.05, 0) is 23.8 Å². The van der Waals surface area contributed by atoms with Gasteiger partial charge in [0.25, 0.3) is 0 Å². The highest BCUT2D eigenvalue weighted by Crippen LogP contribution is 2.28. The zero-order valence-electron chi connectivity index (χ0n) is 10.8. The lowest BCUT2D eigenvalue weighted by atomic mass is 10.1. The van der Waals surface area contributed by atoms with Gasteiger partial charge in [0.05, 0.1) is 0 Å². The molecule has 1 aromatic carbocycles. The molecule has 2 aromatic rings. The van der Waals surface area contributed by atoms with Crippen molar-refractivity contribution >= 4 is 23.4 Å². The van der Waals surface area contributed by atoms with Gasteiger partial charge in [0.2, 0.25) is 0 Å². The summed E-state index contributed by atoms with van der Waals surface area (Å²) in [5, 5.41) is 13.2. The number of carbonyl (C=O) groups is 1. The molecule has 0 radical (unpaired) electrons. The van der Waals surface area contributed by atoms with Crippen molar-refractivity contribution in [1.29, 1.82) is 0 Å². The number of rotatable bonds is 4. The summed E-state index contributed by atoms with van der Waals surface area (Å²) in [5.74, 6) is -0.195. The lowest BCUT2D eigenvalue weighted by Gasteiger charge is -2.09. The highest BCUT2D eigenvalue weighted by atomic mass is 35.5. The number of pyridine rings is 1. The topological polar surface area (TPSA) is 71.5 Å². The van der Waals surface area contributed by atoms with Crippen molar-refractivity contribution in [2.24, 2.45) is 0 Å². The number of hydrogen-bond donors (Lipinski definition) is 2. The fourth-order valence-corrected chi connectivity index (χ4v) is 1.81. The Labute approximate surface area is 121 Å². The van der Waals surface area contributed by atoms with Gasteiger partial charge < -0.3 is 15.2 Å². The fourth-order valence-electron chi connectivity index (χ4n) is 1.62. The highest BCUT2D eigenvalue weighted by molar-refractivity contribution is 6.30. The van der Waals surface area contributed by atoms with Gasteiger partial charge in [0.1, 0.15) is 0 Å². The maximum atomic E-state index is 10.6. The number of benzene rings is 1. The van der Waals surface area contributed by atoms with E-state index in [0.29, 0.717) is 5.02 Å². The second-order valence-corrected chi connectivity index (χ2v) is 4.50. The van der Waals surface area contributed by atoms with Crippen LogP contribution >= 0.6 is 11.6 Å². The molecule has 0 aliphatic rings. The molecule has 0 unspecified atom stereocenters. The molecule has 20 heavy (non-hydrogen) atoms. The second kappa shape index (κ2) is 6.25. The van der Waals surface area contributed by atoms with E-state index in [1.54, 1.807) is 24.4 Å². The smallest absolute Gasteiger partial charge is 0.304 e. The van der Waals surface area contributed by atoms with Crippen molar-refractivity contribution in [3.8, 4) is 16.9 Å². The quantitative estimate of drug-likeness (QED) is 0.669. The summed E-state index contributed by atoms with van der Waals surface area (Å²) in [6.45, 7) is 1.25. The number of aromatic hydroxyl groups is 1. The van der Waals surface area contributed by atoms with E-state index in [1.807, 2.05) is 12.1 Å². The van der Waals surface area contributed by atoms with Crippen molar-refractivity contribution in [2.75, 3.05) is 12.0 Å². The zero-order valence-corrected chi connectivity index (χ0v) is 11.5. The minimum atomic E-state index is -0.410. The molecule has 1 aromatic heterocycles. The summed E-state index contributed by atoms with van der Waals surface area (Å²) in [5.41, 5.74) is 1.59. The third-order valence-corrected chi connectivity index (χ3v) is 2.78. The van der Waals surface area contributed by atoms with Gasteiger partial charge in [-0.2, -0.15) is 0 Å². The van der Waals surface area contributed by atoms with E-state index in [-0.39, 0.29) is 18.3 Å². The first-order valence-corrected chi connectivity index (χ1v) is 6.26. The third kappa shape index (κ3) is 3.61. The average Bonchev–Trinajstić information content (AvgIpc) is 2.40. The van der Waals surface area contributed by atoms with E-state index in [0.717, 1.165) is 11.1 Å². The Balaban J connectivity index is 2.15. The minimum Gasteiger partial charge on any atom is -0.504 e. The largest absolute Gasteiger partial charge is 0.504 e. The van der Waals surface area contributed by atoms with Crippen LogP contribution < -0.4 is 5.32 Å². The van der Waals surface area contributed by atoms with E-state index < -0.39 is 5.97 Å². The molecule has 2 N–H and O–H groups in total. The predicted octanol–water partition coefficient (Wildman–Crippen LogP) is 3.04. The number of hydrogen-bond acceptors (Lipinski definition) is 5. The van der Waals surface area contributed by atoms with Crippen LogP contribution in [0.3, 0.4) is 0 Å². The molecule has 0 atom stereocenters. The zero-order chi connectivity index (χ0) is 14.5. The van der Waals surface area contributed by atoms with Gasteiger partial charge in [-0.3, -0.25) is 4.79 Å². The number of nitrogens with one attached hydrogen (secondary N) is 1. The molecule has 0 bridgehead atoms. The first-order valence-electron chi connectivity index (χ1n) is 5.88. The number of anilines is 1. The molecule has 1 heterocycles. The first-order chi connectivity index (χ1) is 9.56. The SMILES string of the molecule is CC(=O)OCNc1ncc(-c2cccc(Cl)c2)cc1O. The fraction of sp³-hybridized carbons (Fsp3) is 0.143. The molecule has 0 aliphatic carbocycles. The van der Waals surface area contributed by atoms with Crippen LogP contribution in [0.2, 0.25) is 5.02 Å². The van der Waals surface area contributed by atoms with Crippen molar-refractivity contribution in [3.63, 3.8) is 0 Å². The van der Waals surface area contributed by atoms with Crippen molar-refractivity contribution in [1.82, 2.24) is 4.98 Å². The Hall–Kier alpha value is -2.27. The Morgan fingerprint density at radius 2 is 2.20 bits per heavy atom. The molecule has 0 fully saturated rings. The van der Waals surface area contributed by atoms with Crippen molar-refractivity contribution in [2.45, 2.75) is 6.92 Å². The highest BCUT2D eigenvalue weighted by Gasteiger charge is 2.06. The molecule has 104 valence electrons. The molecule has 0 saturated carbocycles. The van der Waals surface area contributed by atoms with Crippen LogP contribution in [-0.2, 0) is 9.53 Å². The molecule has 0 spiro atoms. The molecular weight excluding hydrogens is 280 g/mol. The number of esters is 1. The van der Waals surface area contributed by atoms with Gasteiger partial charge in [-0.1, -0.05) is 23.7 Å². The van der Waals surface area contributed by atoms with Crippen LogP contribution in [0.15, 0.2) is 36.5 Å². The van der Waals surface area contributed by atoms with Gasteiger partial charge in [-0.15, -0.1) is 0 Å². The van der Waals surface area contributed by atoms with E-state index in [2.05, 4.69) is 10.3 Å². The Kier molecular flexibility index (Phi) is 4.42. The number of carbonyl (C=O) groups excluding carboxylic acids is 1. The van der Waals surface area contributed by atoms with Crippen molar-refractivity contribution in [3.05, 3.63) is 41.6 Å². The van der Waals surface area contributed by atoms with Gasteiger partial charge in [-0.25, -0.2) is 4.98 Å². The van der Waals surface area contributed by atoms with Crippen LogP contribution in [0.25, 0.3) is 11.1 Å². The Bertz CT molecular complexity index is 632. The summed E-state index contributed by atoms with van der Waals surface area (Å²) in [4.78, 5) is 14.7. The molecule has 6 heteroatoms. The van der Waals surface area contributed by atoms with Crippen LogP contribution in [0.4, 0.5) is 5.82 Å². The normalized spacial score (nSPS) is 10.1. The summed E-state index contributed by atoms with van der Waals surface area (Å²) < 4.78 is 4.71. The van der Waals surface area contributed by atoms with E-state index in [1.165, 1.54) is 6.92 Å². The summed E-state index contributed by atoms with van der Waals surface area (Å²) in [7, 11) is 0. The van der Waals surface area contributed by atoms with Crippen LogP contribution in [-0.4, -0.2) is 22.8 Å². The average molecular weight is 293 g/mol. The number of aromatic nitrogens is 1. The number of ether oxygens (including phenoxy) is 1. The molecule has 0 saturated heterocycles. The standard InChI is InChI=1S/C14H13ClN2O3/c1-9(18)20-8-17-14-13(19)6-11(7-16-14)10-3-2-4-12(15)5-10/h2-7,19H,8H2,1H3,(H,16,17). The molecular formula is C14H13ClN2O3. The molecule has 0 aliphatic heterocycles. The monoisotopic (exact) mass is 292 g/mol.